The van der Waals surface area contributed by atoms with Gasteiger partial charge in [0.25, 0.3) is 0 Å². The van der Waals surface area contributed by atoms with Gasteiger partial charge in [-0.3, -0.25) is 0 Å². The molecule has 2 N–H and O–H groups in total. The van der Waals surface area contributed by atoms with Crippen LogP contribution in [0.2, 0.25) is 5.02 Å². The number of phenols is 1. The maximum Gasteiger partial charge on any atom is 0.116 e. The fourth-order valence-corrected chi connectivity index (χ4v) is 2.47. The molecule has 0 fully saturated rings. The predicted molar refractivity (Wildman–Crippen MR) is 69.6 cm³/mol. The number of halogens is 1. The number of hydrogen-bond acceptors (Lipinski definition) is 2. The van der Waals surface area contributed by atoms with Gasteiger partial charge >= 0.3 is 0 Å². The fraction of sp³-hybridized carbons (Fsp3) is 0.143. The lowest BCUT2D eigenvalue weighted by Gasteiger charge is -2.11. The molecule has 0 bridgehead atoms. The summed E-state index contributed by atoms with van der Waals surface area (Å²) in [5.41, 5.74) is 3.41. The molecule has 0 aromatic heterocycles. The number of fused-ring (bicyclic) bond motifs is 1. The van der Waals surface area contributed by atoms with Crippen LogP contribution in [0.15, 0.2) is 42.5 Å². The molecule has 2 aromatic carbocycles. The van der Waals surface area contributed by atoms with Crippen LogP contribution in [0.1, 0.15) is 17.2 Å². The number of rotatable bonds is 1. The molecule has 0 saturated heterocycles. The van der Waals surface area contributed by atoms with Crippen molar-refractivity contribution >= 4 is 17.3 Å². The summed E-state index contributed by atoms with van der Waals surface area (Å²) in [6.45, 7) is 0. The zero-order valence-electron chi connectivity index (χ0n) is 9.15. The smallest absolute Gasteiger partial charge is 0.116 e. The summed E-state index contributed by atoms with van der Waals surface area (Å²) in [4.78, 5) is 0. The highest BCUT2D eigenvalue weighted by Gasteiger charge is 2.22. The summed E-state index contributed by atoms with van der Waals surface area (Å²) >= 11 is 5.99. The Labute approximate surface area is 105 Å². The highest BCUT2D eigenvalue weighted by molar-refractivity contribution is 6.30. The zero-order valence-corrected chi connectivity index (χ0v) is 9.91. The lowest BCUT2D eigenvalue weighted by atomic mass is 10.0. The summed E-state index contributed by atoms with van der Waals surface area (Å²) in [6.07, 6.45) is 0.879. The van der Waals surface area contributed by atoms with E-state index in [1.807, 2.05) is 30.3 Å². The summed E-state index contributed by atoms with van der Waals surface area (Å²) in [5.74, 6) is 0.317. The summed E-state index contributed by atoms with van der Waals surface area (Å²) in [6, 6.07) is 13.5. The number of nitrogens with one attached hydrogen (secondary N) is 1. The van der Waals surface area contributed by atoms with Gasteiger partial charge in [0.15, 0.2) is 0 Å². The zero-order chi connectivity index (χ0) is 11.8. The van der Waals surface area contributed by atoms with Gasteiger partial charge in [-0.1, -0.05) is 23.7 Å². The van der Waals surface area contributed by atoms with Crippen molar-refractivity contribution in [3.63, 3.8) is 0 Å². The second kappa shape index (κ2) is 3.97. The Bertz CT molecular complexity index is 568. The Morgan fingerprint density at radius 2 is 2.06 bits per heavy atom. The molecule has 0 aliphatic carbocycles. The van der Waals surface area contributed by atoms with Crippen LogP contribution >= 0.6 is 11.6 Å². The number of anilines is 1. The molecule has 0 radical (unpaired) electrons. The molecule has 3 heteroatoms. The minimum atomic E-state index is 0.241. The molecular weight excluding hydrogens is 234 g/mol. The minimum absolute atomic E-state index is 0.241. The molecular formula is C14H12ClNO. The molecule has 86 valence electrons. The Morgan fingerprint density at radius 1 is 1.18 bits per heavy atom. The summed E-state index contributed by atoms with van der Waals surface area (Å²) in [5, 5.41) is 13.6. The van der Waals surface area contributed by atoms with E-state index < -0.39 is 0 Å². The molecule has 2 nitrogen and oxygen atoms in total. The molecule has 1 aliphatic rings. The standard InChI is InChI=1S/C14H12ClNO/c15-11-3-1-2-9(6-11)14-8-10-7-12(17)4-5-13(10)16-14/h1-7,14,16-17H,8H2. The van der Waals surface area contributed by atoms with Crippen molar-refractivity contribution in [2.45, 2.75) is 12.5 Å². The Morgan fingerprint density at radius 3 is 2.88 bits per heavy atom. The van der Waals surface area contributed by atoms with Crippen LogP contribution in [-0.2, 0) is 6.42 Å². The van der Waals surface area contributed by atoms with Crippen molar-refractivity contribution in [2.24, 2.45) is 0 Å². The van der Waals surface area contributed by atoms with Crippen LogP contribution in [0.4, 0.5) is 5.69 Å². The molecule has 1 unspecified atom stereocenters. The first-order valence-electron chi connectivity index (χ1n) is 5.56. The van der Waals surface area contributed by atoms with E-state index in [0.29, 0.717) is 5.75 Å². The monoisotopic (exact) mass is 245 g/mol. The SMILES string of the molecule is Oc1ccc2c(c1)CC(c1cccc(Cl)c1)N2. The van der Waals surface area contributed by atoms with Gasteiger partial charge in [-0.25, -0.2) is 0 Å². The van der Waals surface area contributed by atoms with Gasteiger partial charge in [0.2, 0.25) is 0 Å². The van der Waals surface area contributed by atoms with Crippen LogP contribution in [0, 0.1) is 0 Å². The Hall–Kier alpha value is -1.67. The summed E-state index contributed by atoms with van der Waals surface area (Å²) in [7, 11) is 0. The van der Waals surface area contributed by atoms with Gasteiger partial charge in [0, 0.05) is 10.7 Å². The van der Waals surface area contributed by atoms with Crippen LogP contribution in [0.3, 0.4) is 0 Å². The van der Waals surface area contributed by atoms with Crippen molar-refractivity contribution in [1.82, 2.24) is 0 Å². The van der Waals surface area contributed by atoms with Crippen LogP contribution < -0.4 is 5.32 Å². The second-order valence-electron chi connectivity index (χ2n) is 4.30. The molecule has 3 rings (SSSR count). The molecule has 2 aromatic rings. The molecule has 17 heavy (non-hydrogen) atoms. The van der Waals surface area contributed by atoms with Crippen LogP contribution in [0.5, 0.6) is 5.75 Å². The van der Waals surface area contributed by atoms with Gasteiger partial charge in [-0.05, 0) is 47.9 Å². The average Bonchev–Trinajstić information content (AvgIpc) is 2.72. The second-order valence-corrected chi connectivity index (χ2v) is 4.73. The largest absolute Gasteiger partial charge is 0.508 e. The van der Waals surface area contributed by atoms with Crippen molar-refractivity contribution < 1.29 is 5.11 Å². The van der Waals surface area contributed by atoms with Crippen molar-refractivity contribution in [1.29, 1.82) is 0 Å². The third kappa shape index (κ3) is 1.96. The maximum absolute atomic E-state index is 9.45. The van der Waals surface area contributed by atoms with E-state index in [-0.39, 0.29) is 6.04 Å². The first-order chi connectivity index (χ1) is 8.22. The van der Waals surface area contributed by atoms with Gasteiger partial charge < -0.3 is 10.4 Å². The molecule has 1 atom stereocenters. The lowest BCUT2D eigenvalue weighted by Crippen LogP contribution is -2.05. The predicted octanol–water partition coefficient (Wildman–Crippen LogP) is 3.75. The average molecular weight is 246 g/mol. The van der Waals surface area contributed by atoms with E-state index in [1.54, 1.807) is 6.07 Å². The van der Waals surface area contributed by atoms with E-state index in [9.17, 15) is 5.11 Å². The molecule has 1 aliphatic heterocycles. The van der Waals surface area contributed by atoms with E-state index >= 15 is 0 Å². The van der Waals surface area contributed by atoms with Crippen LogP contribution in [-0.4, -0.2) is 5.11 Å². The lowest BCUT2D eigenvalue weighted by molar-refractivity contribution is 0.475. The van der Waals surface area contributed by atoms with E-state index in [4.69, 9.17) is 11.6 Å². The maximum atomic E-state index is 9.45. The van der Waals surface area contributed by atoms with Crippen molar-refractivity contribution in [2.75, 3.05) is 5.32 Å². The van der Waals surface area contributed by atoms with E-state index in [0.717, 1.165) is 22.7 Å². The van der Waals surface area contributed by atoms with Crippen LogP contribution in [0.25, 0.3) is 0 Å². The normalized spacial score (nSPS) is 17.6. The summed E-state index contributed by atoms with van der Waals surface area (Å²) < 4.78 is 0. The van der Waals surface area contributed by atoms with Crippen molar-refractivity contribution in [3.05, 3.63) is 58.6 Å². The van der Waals surface area contributed by atoms with Gasteiger partial charge in [0.1, 0.15) is 5.75 Å². The van der Waals surface area contributed by atoms with E-state index in [2.05, 4.69) is 11.4 Å². The third-order valence-corrected chi connectivity index (χ3v) is 3.33. The number of phenolic OH excluding ortho intramolecular Hbond substituents is 1. The highest BCUT2D eigenvalue weighted by atomic mass is 35.5. The topological polar surface area (TPSA) is 32.3 Å². The molecule has 1 heterocycles. The quantitative estimate of drug-likeness (QED) is 0.750. The van der Waals surface area contributed by atoms with Gasteiger partial charge in [-0.15, -0.1) is 0 Å². The van der Waals surface area contributed by atoms with Gasteiger partial charge in [0.05, 0.1) is 6.04 Å². The third-order valence-electron chi connectivity index (χ3n) is 3.09. The highest BCUT2D eigenvalue weighted by Crippen LogP contribution is 2.36. The first-order valence-corrected chi connectivity index (χ1v) is 5.94. The fourth-order valence-electron chi connectivity index (χ4n) is 2.27. The molecule has 0 saturated carbocycles. The number of hydrogen-bond donors (Lipinski definition) is 2. The number of aromatic hydroxyl groups is 1. The van der Waals surface area contributed by atoms with Gasteiger partial charge in [-0.2, -0.15) is 0 Å². The molecule has 0 spiro atoms. The van der Waals surface area contributed by atoms with E-state index in [1.165, 1.54) is 5.56 Å². The Kier molecular flexibility index (Phi) is 2.45. The minimum Gasteiger partial charge on any atom is -0.508 e. The Balaban J connectivity index is 1.91. The number of benzene rings is 2. The first kappa shape index (κ1) is 10.5. The van der Waals surface area contributed by atoms with Crippen molar-refractivity contribution in [3.8, 4) is 5.75 Å². The molecule has 0 amide bonds.